The Morgan fingerprint density at radius 3 is 2.43 bits per heavy atom. The zero-order valence-electron chi connectivity index (χ0n) is 12.5. The molecule has 2 aliphatic heterocycles. The van der Waals surface area contributed by atoms with Gasteiger partial charge in [-0.15, -0.1) is 0 Å². The van der Waals surface area contributed by atoms with Crippen LogP contribution in [-0.2, 0) is 4.79 Å². The Labute approximate surface area is 133 Å². The van der Waals surface area contributed by atoms with Crippen LogP contribution in [0, 0.1) is 0 Å². The van der Waals surface area contributed by atoms with Crippen molar-refractivity contribution in [3.63, 3.8) is 0 Å². The van der Waals surface area contributed by atoms with Gasteiger partial charge in [-0.25, -0.2) is 0 Å². The average molecular weight is 351 g/mol. The molecule has 1 saturated heterocycles. The lowest BCUT2D eigenvalue weighted by Crippen LogP contribution is -2.48. The van der Waals surface area contributed by atoms with Crippen molar-refractivity contribution in [1.29, 1.82) is 0 Å². The van der Waals surface area contributed by atoms with Crippen LogP contribution in [0.25, 0.3) is 0 Å². The largest absolute Gasteiger partial charge is 0.336 e. The summed E-state index contributed by atoms with van der Waals surface area (Å²) in [7, 11) is 0. The molecule has 2 unspecified atom stereocenters. The molecule has 1 aromatic carbocycles. The number of benzene rings is 1. The number of halogens is 1. The van der Waals surface area contributed by atoms with E-state index in [0.717, 1.165) is 5.56 Å². The molecule has 2 aliphatic rings. The summed E-state index contributed by atoms with van der Waals surface area (Å²) in [4.78, 5) is 28.7. The number of nitrogens with zero attached hydrogens (tertiary/aromatic N) is 2. The highest BCUT2D eigenvalue weighted by atomic mass is 79.9. The van der Waals surface area contributed by atoms with Crippen LogP contribution in [0.3, 0.4) is 0 Å². The number of amides is 2. The highest BCUT2D eigenvalue weighted by molar-refractivity contribution is 9.09. The van der Waals surface area contributed by atoms with Gasteiger partial charge in [0.1, 0.15) is 11.0 Å². The number of hydrogen-bond acceptors (Lipinski definition) is 2. The van der Waals surface area contributed by atoms with Crippen molar-refractivity contribution >= 4 is 27.7 Å². The summed E-state index contributed by atoms with van der Waals surface area (Å²) < 4.78 is 0. The molecule has 0 bridgehead atoms. The van der Waals surface area contributed by atoms with Gasteiger partial charge in [-0.05, 0) is 38.8 Å². The molecule has 4 nitrogen and oxygen atoms in total. The van der Waals surface area contributed by atoms with Crippen LogP contribution in [0.4, 0.5) is 0 Å². The molecule has 2 atom stereocenters. The first-order chi connectivity index (χ1) is 9.82. The van der Waals surface area contributed by atoms with Gasteiger partial charge in [0, 0.05) is 17.6 Å². The van der Waals surface area contributed by atoms with Gasteiger partial charge >= 0.3 is 0 Å². The van der Waals surface area contributed by atoms with E-state index in [-0.39, 0.29) is 28.3 Å². The quantitative estimate of drug-likeness (QED) is 0.577. The Hall–Kier alpha value is -1.36. The third-order valence-electron chi connectivity index (χ3n) is 4.25. The van der Waals surface area contributed by atoms with Crippen molar-refractivity contribution in [2.24, 2.45) is 0 Å². The maximum absolute atomic E-state index is 12.7. The van der Waals surface area contributed by atoms with E-state index in [1.54, 1.807) is 4.90 Å². The second-order valence-electron chi connectivity index (χ2n) is 6.60. The first-order valence-electron chi connectivity index (χ1n) is 7.19. The summed E-state index contributed by atoms with van der Waals surface area (Å²) >= 11 is 3.59. The molecule has 112 valence electrons. The van der Waals surface area contributed by atoms with E-state index in [2.05, 4.69) is 15.9 Å². The van der Waals surface area contributed by atoms with Gasteiger partial charge in [0.25, 0.3) is 5.91 Å². The van der Waals surface area contributed by atoms with Gasteiger partial charge in [-0.2, -0.15) is 0 Å². The number of rotatable bonds is 1. The van der Waals surface area contributed by atoms with Gasteiger partial charge < -0.3 is 9.80 Å². The second kappa shape index (κ2) is 4.83. The van der Waals surface area contributed by atoms with Crippen molar-refractivity contribution in [2.45, 2.75) is 43.7 Å². The molecule has 1 fully saturated rings. The molecule has 2 heterocycles. The second-order valence-corrected chi connectivity index (χ2v) is 7.47. The summed E-state index contributed by atoms with van der Waals surface area (Å²) in [6.45, 7) is 6.78. The zero-order valence-corrected chi connectivity index (χ0v) is 14.1. The topological polar surface area (TPSA) is 40.6 Å². The lowest BCUT2D eigenvalue weighted by Gasteiger charge is -2.33. The lowest BCUT2D eigenvalue weighted by atomic mass is 10.1. The summed E-state index contributed by atoms with van der Waals surface area (Å²) in [6.07, 6.45) is 0.692. The number of carbonyl (C=O) groups excluding carboxylic acids is 2. The molecule has 0 N–H and O–H groups in total. The molecule has 3 rings (SSSR count). The van der Waals surface area contributed by atoms with Crippen LogP contribution < -0.4 is 0 Å². The Kier molecular flexibility index (Phi) is 3.35. The third kappa shape index (κ3) is 2.18. The predicted octanol–water partition coefficient (Wildman–Crippen LogP) is 2.94. The monoisotopic (exact) mass is 350 g/mol. The molecule has 1 aromatic rings. The van der Waals surface area contributed by atoms with E-state index in [1.807, 2.05) is 49.9 Å². The Balaban J connectivity index is 1.90. The van der Waals surface area contributed by atoms with Crippen LogP contribution >= 0.6 is 15.9 Å². The molecule has 0 aromatic heterocycles. The fourth-order valence-corrected chi connectivity index (χ4v) is 4.05. The Morgan fingerprint density at radius 1 is 1.19 bits per heavy atom. The summed E-state index contributed by atoms with van der Waals surface area (Å²) in [6, 6.07) is 7.17. The van der Waals surface area contributed by atoms with E-state index in [4.69, 9.17) is 0 Å². The normalized spacial score (nSPS) is 25.7. The van der Waals surface area contributed by atoms with Crippen LogP contribution in [-0.4, -0.2) is 39.7 Å². The summed E-state index contributed by atoms with van der Waals surface area (Å²) in [5.41, 5.74) is 1.44. The highest BCUT2D eigenvalue weighted by Crippen LogP contribution is 2.41. The standard InChI is InChI=1S/C16H19BrN2O2/c1-16(2,3)18-9-8-12(15(18)21)19-13(17)10-6-4-5-7-11(10)14(19)20/h4-7,12-13H,8-9H2,1-3H3. The SMILES string of the molecule is CC(C)(C)N1CCC(N2C(=O)c3ccccc3C2Br)C1=O. The minimum absolute atomic E-state index is 0.0492. The first-order valence-corrected chi connectivity index (χ1v) is 8.11. The fourth-order valence-electron chi connectivity index (χ4n) is 3.18. The minimum atomic E-state index is -0.367. The van der Waals surface area contributed by atoms with Crippen LogP contribution in [0.15, 0.2) is 24.3 Å². The lowest BCUT2D eigenvalue weighted by molar-refractivity contribution is -0.135. The predicted molar refractivity (Wildman–Crippen MR) is 84.2 cm³/mol. The molecule has 2 amide bonds. The first kappa shape index (κ1) is 14.6. The van der Waals surface area contributed by atoms with Crippen molar-refractivity contribution < 1.29 is 9.59 Å². The summed E-state index contributed by atoms with van der Waals surface area (Å²) in [5.74, 6) is -0.00492. The molecule has 0 spiro atoms. The minimum Gasteiger partial charge on any atom is -0.336 e. The van der Waals surface area contributed by atoms with Gasteiger partial charge in [-0.1, -0.05) is 34.1 Å². The maximum atomic E-state index is 12.7. The highest BCUT2D eigenvalue weighted by Gasteiger charge is 2.47. The van der Waals surface area contributed by atoms with E-state index >= 15 is 0 Å². The van der Waals surface area contributed by atoms with Crippen molar-refractivity contribution in [1.82, 2.24) is 9.80 Å². The molecular weight excluding hydrogens is 332 g/mol. The smallest absolute Gasteiger partial charge is 0.256 e. The van der Waals surface area contributed by atoms with E-state index in [0.29, 0.717) is 18.5 Å². The molecule has 0 saturated carbocycles. The molecule has 5 heteroatoms. The Morgan fingerprint density at radius 2 is 1.86 bits per heavy atom. The summed E-state index contributed by atoms with van der Waals surface area (Å²) in [5, 5.41) is 0. The van der Waals surface area contributed by atoms with Gasteiger partial charge in [0.2, 0.25) is 5.91 Å². The van der Waals surface area contributed by atoms with Gasteiger partial charge in [0.15, 0.2) is 0 Å². The van der Waals surface area contributed by atoms with Gasteiger partial charge in [0.05, 0.1) is 0 Å². The number of alkyl halides is 1. The number of carbonyl (C=O) groups is 2. The van der Waals surface area contributed by atoms with Crippen LogP contribution in [0.1, 0.15) is 48.1 Å². The molecule has 0 radical (unpaired) electrons. The number of likely N-dealkylation sites (tertiary alicyclic amines) is 1. The molecule has 21 heavy (non-hydrogen) atoms. The van der Waals surface area contributed by atoms with E-state index in [1.165, 1.54) is 0 Å². The number of fused-ring (bicyclic) bond motifs is 1. The van der Waals surface area contributed by atoms with Crippen LogP contribution in [0.5, 0.6) is 0 Å². The van der Waals surface area contributed by atoms with Gasteiger partial charge in [-0.3, -0.25) is 9.59 Å². The third-order valence-corrected chi connectivity index (χ3v) is 5.18. The fraction of sp³-hybridized carbons (Fsp3) is 0.500. The number of hydrogen-bond donors (Lipinski definition) is 0. The zero-order chi connectivity index (χ0) is 15.4. The Bertz CT molecular complexity index is 609. The van der Waals surface area contributed by atoms with E-state index in [9.17, 15) is 9.59 Å². The molecule has 0 aliphatic carbocycles. The van der Waals surface area contributed by atoms with Crippen molar-refractivity contribution in [3.05, 3.63) is 35.4 Å². The molecular formula is C16H19BrN2O2. The van der Waals surface area contributed by atoms with Crippen LogP contribution in [0.2, 0.25) is 0 Å². The maximum Gasteiger partial charge on any atom is 0.256 e. The van der Waals surface area contributed by atoms with Crippen molar-refractivity contribution in [3.8, 4) is 0 Å². The average Bonchev–Trinajstić information content (AvgIpc) is 2.90. The van der Waals surface area contributed by atoms with E-state index < -0.39 is 0 Å². The van der Waals surface area contributed by atoms with Crippen molar-refractivity contribution in [2.75, 3.05) is 6.54 Å².